The Morgan fingerprint density at radius 2 is 2.00 bits per heavy atom. The molecular formula is C19H30FN5O. The Bertz CT molecular complexity index is 612. The van der Waals surface area contributed by atoms with Crippen LogP contribution in [0.2, 0.25) is 0 Å². The Morgan fingerprint density at radius 1 is 1.27 bits per heavy atom. The van der Waals surface area contributed by atoms with Crippen molar-refractivity contribution >= 4 is 11.9 Å². The predicted molar refractivity (Wildman–Crippen MR) is 103 cm³/mol. The number of carbonyl (C=O) groups is 1. The molecule has 1 aromatic carbocycles. The topological polar surface area (TPSA) is 51.2 Å². The zero-order valence-electron chi connectivity index (χ0n) is 16.0. The Labute approximate surface area is 155 Å². The Hall–Kier alpha value is -2.15. The first kappa shape index (κ1) is 20.2. The van der Waals surface area contributed by atoms with Crippen LogP contribution >= 0.6 is 0 Å². The zero-order valence-corrected chi connectivity index (χ0v) is 16.0. The second-order valence-electron chi connectivity index (χ2n) is 6.75. The lowest BCUT2D eigenvalue weighted by Crippen LogP contribution is -2.52. The summed E-state index contributed by atoms with van der Waals surface area (Å²) in [4.78, 5) is 22.4. The van der Waals surface area contributed by atoms with Gasteiger partial charge in [0.2, 0.25) is 5.91 Å². The van der Waals surface area contributed by atoms with E-state index in [2.05, 4.69) is 27.0 Å². The van der Waals surface area contributed by atoms with Crippen LogP contribution in [-0.2, 0) is 11.3 Å². The molecule has 0 unspecified atom stereocenters. The average Bonchev–Trinajstić information content (AvgIpc) is 2.62. The van der Waals surface area contributed by atoms with Gasteiger partial charge in [-0.1, -0.05) is 19.1 Å². The number of piperazine rings is 1. The Balaban J connectivity index is 1.91. The van der Waals surface area contributed by atoms with Crippen LogP contribution in [0.4, 0.5) is 4.39 Å². The second kappa shape index (κ2) is 10.1. The highest BCUT2D eigenvalue weighted by Gasteiger charge is 2.20. The number of hydrogen-bond donors (Lipinski definition) is 1. The molecule has 144 valence electrons. The third kappa shape index (κ3) is 6.29. The van der Waals surface area contributed by atoms with E-state index in [-0.39, 0.29) is 18.3 Å². The molecule has 0 spiro atoms. The van der Waals surface area contributed by atoms with E-state index in [0.29, 0.717) is 0 Å². The summed E-state index contributed by atoms with van der Waals surface area (Å²) in [6, 6.07) is 6.77. The summed E-state index contributed by atoms with van der Waals surface area (Å²) in [6.45, 7) is 7.27. The number of guanidine groups is 1. The lowest BCUT2D eigenvalue weighted by atomic mass is 10.2. The third-order valence-electron chi connectivity index (χ3n) is 4.36. The number of halogens is 1. The van der Waals surface area contributed by atoms with Gasteiger partial charge in [0.15, 0.2) is 5.96 Å². The summed E-state index contributed by atoms with van der Waals surface area (Å²) in [5, 5.41) is 3.34. The van der Waals surface area contributed by atoms with Crippen LogP contribution < -0.4 is 5.32 Å². The lowest BCUT2D eigenvalue weighted by Gasteiger charge is -2.36. The number of amides is 1. The van der Waals surface area contributed by atoms with Gasteiger partial charge >= 0.3 is 0 Å². The van der Waals surface area contributed by atoms with E-state index in [1.54, 1.807) is 31.1 Å². The number of rotatable bonds is 6. The maximum absolute atomic E-state index is 13.3. The first-order valence-electron chi connectivity index (χ1n) is 9.19. The monoisotopic (exact) mass is 363 g/mol. The van der Waals surface area contributed by atoms with Crippen LogP contribution in [0, 0.1) is 5.82 Å². The fraction of sp³-hybridized carbons (Fsp3) is 0.579. The zero-order chi connectivity index (χ0) is 18.9. The molecule has 0 atom stereocenters. The molecule has 1 aromatic rings. The van der Waals surface area contributed by atoms with E-state index in [1.807, 2.05) is 6.07 Å². The van der Waals surface area contributed by atoms with Gasteiger partial charge in [-0.2, -0.15) is 0 Å². The molecule has 1 amide bonds. The fourth-order valence-electron chi connectivity index (χ4n) is 2.80. The molecule has 1 heterocycles. The molecule has 0 aromatic heterocycles. The van der Waals surface area contributed by atoms with Crippen molar-refractivity contribution in [2.45, 2.75) is 19.9 Å². The van der Waals surface area contributed by atoms with Gasteiger partial charge < -0.3 is 15.1 Å². The van der Waals surface area contributed by atoms with Crippen molar-refractivity contribution in [1.82, 2.24) is 20.0 Å². The molecule has 26 heavy (non-hydrogen) atoms. The summed E-state index contributed by atoms with van der Waals surface area (Å²) < 4.78 is 13.3. The minimum atomic E-state index is -0.190. The van der Waals surface area contributed by atoms with Crippen LogP contribution in [-0.4, -0.2) is 79.9 Å². The van der Waals surface area contributed by atoms with Gasteiger partial charge in [-0.15, -0.1) is 0 Å². The standard InChI is InChI=1S/C19H30FN5O/c1-4-8-21-19(22-14-18(26)23(2)3)25-11-9-24(10-12-25)15-16-6-5-7-17(20)13-16/h5-7,13H,4,8-12,14-15H2,1-3H3,(H,21,22). The molecule has 0 aliphatic carbocycles. The summed E-state index contributed by atoms with van der Waals surface area (Å²) in [5.74, 6) is 0.600. The largest absolute Gasteiger partial charge is 0.356 e. The molecule has 1 N–H and O–H groups in total. The average molecular weight is 363 g/mol. The normalized spacial score (nSPS) is 15.8. The van der Waals surface area contributed by atoms with Crippen LogP contribution in [0.3, 0.4) is 0 Å². The molecule has 1 fully saturated rings. The molecule has 0 bridgehead atoms. The fourth-order valence-corrected chi connectivity index (χ4v) is 2.80. The van der Waals surface area contributed by atoms with E-state index in [9.17, 15) is 9.18 Å². The highest BCUT2D eigenvalue weighted by molar-refractivity contribution is 5.84. The number of hydrogen-bond acceptors (Lipinski definition) is 3. The van der Waals surface area contributed by atoms with Crippen molar-refractivity contribution in [3.63, 3.8) is 0 Å². The molecule has 2 rings (SSSR count). The minimum Gasteiger partial charge on any atom is -0.356 e. The van der Waals surface area contributed by atoms with Crippen molar-refractivity contribution in [2.75, 3.05) is 53.4 Å². The maximum Gasteiger partial charge on any atom is 0.243 e. The number of likely N-dealkylation sites (N-methyl/N-ethyl adjacent to an activating group) is 1. The highest BCUT2D eigenvalue weighted by Crippen LogP contribution is 2.10. The van der Waals surface area contributed by atoms with Gasteiger partial charge in [0, 0.05) is 53.4 Å². The summed E-state index contributed by atoms with van der Waals surface area (Å²) in [5.41, 5.74) is 0.994. The van der Waals surface area contributed by atoms with Gasteiger partial charge in [-0.3, -0.25) is 9.69 Å². The highest BCUT2D eigenvalue weighted by atomic mass is 19.1. The maximum atomic E-state index is 13.3. The quantitative estimate of drug-likeness (QED) is 0.613. The number of carbonyl (C=O) groups excluding carboxylic acids is 1. The van der Waals surface area contributed by atoms with Gasteiger partial charge in [0.1, 0.15) is 12.4 Å². The van der Waals surface area contributed by atoms with Crippen LogP contribution in [0.25, 0.3) is 0 Å². The molecule has 1 saturated heterocycles. The molecule has 7 heteroatoms. The smallest absolute Gasteiger partial charge is 0.243 e. The predicted octanol–water partition coefficient (Wildman–Crippen LogP) is 1.39. The van der Waals surface area contributed by atoms with Gasteiger partial charge in [-0.05, 0) is 24.1 Å². The third-order valence-corrected chi connectivity index (χ3v) is 4.36. The SMILES string of the molecule is CCCNC(=NCC(=O)N(C)C)N1CCN(Cc2cccc(F)c2)CC1. The Kier molecular flexibility index (Phi) is 7.84. The van der Waals surface area contributed by atoms with Crippen LogP contribution in [0.15, 0.2) is 29.3 Å². The van der Waals surface area contributed by atoms with Crippen LogP contribution in [0.5, 0.6) is 0 Å². The number of aliphatic imine (C=N–C) groups is 1. The first-order valence-corrected chi connectivity index (χ1v) is 9.19. The van der Waals surface area contributed by atoms with Crippen molar-refractivity contribution in [1.29, 1.82) is 0 Å². The summed E-state index contributed by atoms with van der Waals surface area (Å²) in [6.07, 6.45) is 1.00. The van der Waals surface area contributed by atoms with E-state index >= 15 is 0 Å². The lowest BCUT2D eigenvalue weighted by molar-refractivity contribution is -0.127. The molecule has 1 aliphatic rings. The first-order chi connectivity index (χ1) is 12.5. The number of nitrogens with zero attached hydrogens (tertiary/aromatic N) is 4. The van der Waals surface area contributed by atoms with Crippen molar-refractivity contribution in [3.05, 3.63) is 35.6 Å². The molecule has 1 aliphatic heterocycles. The van der Waals surface area contributed by atoms with E-state index in [4.69, 9.17) is 0 Å². The number of benzene rings is 1. The molecule has 0 saturated carbocycles. The molecule has 0 radical (unpaired) electrons. The molecule has 6 nitrogen and oxygen atoms in total. The molecular weight excluding hydrogens is 333 g/mol. The van der Waals surface area contributed by atoms with E-state index in [1.165, 1.54) is 6.07 Å². The van der Waals surface area contributed by atoms with Gasteiger partial charge in [0.05, 0.1) is 0 Å². The van der Waals surface area contributed by atoms with E-state index in [0.717, 1.165) is 57.2 Å². The Morgan fingerprint density at radius 3 is 2.62 bits per heavy atom. The van der Waals surface area contributed by atoms with Gasteiger partial charge in [-0.25, -0.2) is 9.38 Å². The number of nitrogens with one attached hydrogen (secondary N) is 1. The summed E-state index contributed by atoms with van der Waals surface area (Å²) >= 11 is 0. The minimum absolute atomic E-state index is 0.00876. The van der Waals surface area contributed by atoms with Gasteiger partial charge in [0.25, 0.3) is 0 Å². The van der Waals surface area contributed by atoms with Crippen molar-refractivity contribution in [2.24, 2.45) is 4.99 Å². The summed E-state index contributed by atoms with van der Waals surface area (Å²) in [7, 11) is 3.48. The second-order valence-corrected chi connectivity index (χ2v) is 6.75. The van der Waals surface area contributed by atoms with Crippen molar-refractivity contribution in [3.8, 4) is 0 Å². The van der Waals surface area contributed by atoms with Crippen molar-refractivity contribution < 1.29 is 9.18 Å². The van der Waals surface area contributed by atoms with Crippen LogP contribution in [0.1, 0.15) is 18.9 Å². The van der Waals surface area contributed by atoms with E-state index < -0.39 is 0 Å².